The van der Waals surface area contributed by atoms with Gasteiger partial charge in [0.05, 0.1) is 12.1 Å². The quantitative estimate of drug-likeness (QED) is 0.866. The van der Waals surface area contributed by atoms with Gasteiger partial charge in [0.25, 0.3) is 0 Å². The molecule has 1 fully saturated rings. The molecule has 22 heavy (non-hydrogen) atoms. The summed E-state index contributed by atoms with van der Waals surface area (Å²) in [6.45, 7) is 4.75. The first-order valence-corrected chi connectivity index (χ1v) is 7.68. The maximum absolute atomic E-state index is 12.5. The lowest BCUT2D eigenvalue weighted by atomic mass is 9.90. The van der Waals surface area contributed by atoms with Crippen LogP contribution in [-0.4, -0.2) is 36.9 Å². The molecule has 5 nitrogen and oxygen atoms in total. The van der Waals surface area contributed by atoms with Crippen LogP contribution in [0.25, 0.3) is 0 Å². The predicted octanol–water partition coefficient (Wildman–Crippen LogP) is 2.94. The van der Waals surface area contributed by atoms with E-state index in [1.54, 1.807) is 36.9 Å². The van der Waals surface area contributed by atoms with Gasteiger partial charge >= 0.3 is 0 Å². The summed E-state index contributed by atoms with van der Waals surface area (Å²) in [5.74, 6) is 0.0554. The van der Waals surface area contributed by atoms with Crippen molar-refractivity contribution in [2.75, 3.05) is 25.5 Å². The first-order valence-electron chi connectivity index (χ1n) is 7.30. The van der Waals surface area contributed by atoms with E-state index in [1.165, 1.54) is 7.11 Å². The highest BCUT2D eigenvalue weighted by Crippen LogP contribution is 2.29. The minimum atomic E-state index is -1.11. The fraction of sp³-hybridized carbons (Fsp3) is 0.500. The van der Waals surface area contributed by atoms with Crippen LogP contribution in [0.15, 0.2) is 18.2 Å². The lowest BCUT2D eigenvalue weighted by molar-refractivity contribution is -0.145. The molecule has 2 rings (SSSR count). The Kier molecular flexibility index (Phi) is 4.96. The first kappa shape index (κ1) is 16.6. The largest absolute Gasteiger partial charge is 0.495 e. The Morgan fingerprint density at radius 3 is 2.45 bits per heavy atom. The van der Waals surface area contributed by atoms with Crippen LogP contribution in [0, 0.1) is 5.41 Å². The molecule has 120 valence electrons. The number of anilines is 1. The Morgan fingerprint density at radius 2 is 1.91 bits per heavy atom. The SMILES string of the molecule is COc1ccc(NC(=O)C(C)(C)C(=O)N2CCCC2)cc1Cl. The molecule has 0 atom stereocenters. The zero-order valence-corrected chi connectivity index (χ0v) is 13.9. The molecule has 1 aromatic rings. The molecule has 6 heteroatoms. The van der Waals surface area contributed by atoms with E-state index in [0.717, 1.165) is 25.9 Å². The van der Waals surface area contributed by atoms with Gasteiger partial charge in [-0.2, -0.15) is 0 Å². The number of methoxy groups -OCH3 is 1. The van der Waals surface area contributed by atoms with Gasteiger partial charge in [0.15, 0.2) is 0 Å². The highest BCUT2D eigenvalue weighted by atomic mass is 35.5. The van der Waals surface area contributed by atoms with Gasteiger partial charge in [-0.15, -0.1) is 0 Å². The standard InChI is InChI=1S/C16H21ClN2O3/c1-16(2,15(21)19-8-4-5-9-19)14(20)18-11-6-7-13(22-3)12(17)10-11/h6-7,10H,4-5,8-9H2,1-3H3,(H,18,20). The molecular weight excluding hydrogens is 304 g/mol. The maximum atomic E-state index is 12.5. The molecule has 0 spiro atoms. The Morgan fingerprint density at radius 1 is 1.27 bits per heavy atom. The van der Waals surface area contributed by atoms with Crippen molar-refractivity contribution in [1.82, 2.24) is 4.90 Å². The van der Waals surface area contributed by atoms with Crippen LogP contribution in [0.5, 0.6) is 5.75 Å². The summed E-state index contributed by atoms with van der Waals surface area (Å²) < 4.78 is 5.07. The van der Waals surface area contributed by atoms with E-state index in [0.29, 0.717) is 16.5 Å². The molecule has 1 aromatic carbocycles. The number of halogens is 1. The van der Waals surface area contributed by atoms with Gasteiger partial charge in [-0.25, -0.2) is 0 Å². The van der Waals surface area contributed by atoms with E-state index in [9.17, 15) is 9.59 Å². The van der Waals surface area contributed by atoms with Crippen molar-refractivity contribution < 1.29 is 14.3 Å². The molecule has 1 saturated heterocycles. The number of ether oxygens (including phenoxy) is 1. The van der Waals surface area contributed by atoms with E-state index in [4.69, 9.17) is 16.3 Å². The molecule has 1 N–H and O–H groups in total. The van der Waals surface area contributed by atoms with Crippen molar-refractivity contribution in [3.05, 3.63) is 23.2 Å². The molecular formula is C16H21ClN2O3. The predicted molar refractivity (Wildman–Crippen MR) is 86.2 cm³/mol. The van der Waals surface area contributed by atoms with Gasteiger partial charge in [0, 0.05) is 18.8 Å². The lowest BCUT2D eigenvalue weighted by Gasteiger charge is -2.28. The summed E-state index contributed by atoms with van der Waals surface area (Å²) in [5.41, 5.74) is -0.574. The fourth-order valence-corrected chi connectivity index (χ4v) is 2.70. The Hall–Kier alpha value is -1.75. The van der Waals surface area contributed by atoms with E-state index >= 15 is 0 Å². The normalized spacial score (nSPS) is 14.8. The Balaban J connectivity index is 2.09. The van der Waals surface area contributed by atoms with Crippen molar-refractivity contribution in [3.63, 3.8) is 0 Å². The smallest absolute Gasteiger partial charge is 0.239 e. The minimum absolute atomic E-state index is 0.137. The van der Waals surface area contributed by atoms with Crippen LogP contribution in [0.1, 0.15) is 26.7 Å². The van der Waals surface area contributed by atoms with Crippen molar-refractivity contribution >= 4 is 29.1 Å². The van der Waals surface area contributed by atoms with Gasteiger partial charge in [-0.05, 0) is 44.9 Å². The number of rotatable bonds is 4. The second-order valence-corrected chi connectivity index (χ2v) is 6.33. The number of amides is 2. The third kappa shape index (κ3) is 3.35. The Labute approximate surface area is 135 Å². The number of carbonyl (C=O) groups is 2. The van der Waals surface area contributed by atoms with Crippen LogP contribution < -0.4 is 10.1 Å². The average molecular weight is 325 g/mol. The van der Waals surface area contributed by atoms with E-state index in [-0.39, 0.29) is 11.8 Å². The number of benzene rings is 1. The third-order valence-electron chi connectivity index (χ3n) is 3.91. The molecule has 0 saturated carbocycles. The first-order chi connectivity index (χ1) is 10.4. The molecule has 1 heterocycles. The highest BCUT2D eigenvalue weighted by molar-refractivity contribution is 6.32. The zero-order valence-electron chi connectivity index (χ0n) is 13.1. The van der Waals surface area contributed by atoms with Crippen LogP contribution in [0.2, 0.25) is 5.02 Å². The van der Waals surface area contributed by atoms with E-state index in [2.05, 4.69) is 5.32 Å². The summed E-state index contributed by atoms with van der Waals surface area (Å²) in [6.07, 6.45) is 2.00. The number of nitrogens with one attached hydrogen (secondary N) is 1. The Bertz CT molecular complexity index is 581. The third-order valence-corrected chi connectivity index (χ3v) is 4.20. The number of carbonyl (C=O) groups excluding carboxylic acids is 2. The zero-order chi connectivity index (χ0) is 16.3. The summed E-state index contributed by atoms with van der Waals surface area (Å²) in [4.78, 5) is 26.7. The highest BCUT2D eigenvalue weighted by Gasteiger charge is 2.39. The molecule has 1 aliphatic rings. The monoisotopic (exact) mass is 324 g/mol. The minimum Gasteiger partial charge on any atom is -0.495 e. The maximum Gasteiger partial charge on any atom is 0.239 e. The second kappa shape index (κ2) is 6.57. The van der Waals surface area contributed by atoms with E-state index < -0.39 is 5.41 Å². The average Bonchev–Trinajstić information content (AvgIpc) is 3.00. The summed E-state index contributed by atoms with van der Waals surface area (Å²) in [5, 5.41) is 3.16. The lowest BCUT2D eigenvalue weighted by Crippen LogP contribution is -2.46. The molecule has 1 aliphatic heterocycles. The second-order valence-electron chi connectivity index (χ2n) is 5.93. The van der Waals surface area contributed by atoms with Crippen molar-refractivity contribution in [2.45, 2.75) is 26.7 Å². The summed E-state index contributed by atoms with van der Waals surface area (Å²) in [6, 6.07) is 4.97. The molecule has 0 aromatic heterocycles. The number of likely N-dealkylation sites (tertiary alicyclic amines) is 1. The van der Waals surface area contributed by atoms with Gasteiger partial charge in [0.1, 0.15) is 11.2 Å². The summed E-state index contributed by atoms with van der Waals surface area (Å²) >= 11 is 6.04. The molecule has 0 bridgehead atoms. The van der Waals surface area contributed by atoms with Gasteiger partial charge in [-0.3, -0.25) is 9.59 Å². The van der Waals surface area contributed by atoms with Crippen LogP contribution in [-0.2, 0) is 9.59 Å². The topological polar surface area (TPSA) is 58.6 Å². The number of hydrogen-bond donors (Lipinski definition) is 1. The van der Waals surface area contributed by atoms with Crippen molar-refractivity contribution in [2.24, 2.45) is 5.41 Å². The van der Waals surface area contributed by atoms with Crippen LogP contribution in [0.3, 0.4) is 0 Å². The number of hydrogen-bond acceptors (Lipinski definition) is 3. The van der Waals surface area contributed by atoms with Crippen LogP contribution in [0.4, 0.5) is 5.69 Å². The molecule has 0 radical (unpaired) electrons. The number of nitrogens with zero attached hydrogens (tertiary/aromatic N) is 1. The van der Waals surface area contributed by atoms with Crippen LogP contribution >= 0.6 is 11.6 Å². The van der Waals surface area contributed by atoms with Gasteiger partial charge in [-0.1, -0.05) is 11.6 Å². The van der Waals surface area contributed by atoms with E-state index in [1.807, 2.05) is 0 Å². The molecule has 0 unspecified atom stereocenters. The van der Waals surface area contributed by atoms with Gasteiger partial charge in [0.2, 0.25) is 11.8 Å². The van der Waals surface area contributed by atoms with Gasteiger partial charge < -0.3 is 15.0 Å². The van der Waals surface area contributed by atoms with Crippen molar-refractivity contribution in [1.29, 1.82) is 0 Å². The van der Waals surface area contributed by atoms with Crippen molar-refractivity contribution in [3.8, 4) is 5.75 Å². The summed E-state index contributed by atoms with van der Waals surface area (Å²) in [7, 11) is 1.53. The molecule has 0 aliphatic carbocycles. The fourth-order valence-electron chi connectivity index (χ4n) is 2.44. The molecule has 2 amide bonds.